The summed E-state index contributed by atoms with van der Waals surface area (Å²) in [6.07, 6.45) is 3.08. The molecular formula is C18H19N5O3S. The summed E-state index contributed by atoms with van der Waals surface area (Å²) in [5, 5.41) is 19.4. The van der Waals surface area contributed by atoms with Crippen LogP contribution in [0.3, 0.4) is 0 Å². The predicted octanol–water partition coefficient (Wildman–Crippen LogP) is 3.57. The van der Waals surface area contributed by atoms with Gasteiger partial charge >= 0.3 is 0 Å². The van der Waals surface area contributed by atoms with Gasteiger partial charge in [0.15, 0.2) is 5.78 Å². The van der Waals surface area contributed by atoms with Crippen molar-refractivity contribution in [2.24, 2.45) is 5.41 Å². The first-order valence-electron chi connectivity index (χ1n) is 8.57. The molecule has 1 aromatic carbocycles. The summed E-state index contributed by atoms with van der Waals surface area (Å²) in [6.45, 7) is 4.15. The fourth-order valence-electron chi connectivity index (χ4n) is 3.76. The van der Waals surface area contributed by atoms with Crippen LogP contribution in [0, 0.1) is 15.5 Å². The summed E-state index contributed by atoms with van der Waals surface area (Å²) in [5.74, 6) is 0.663. The molecule has 8 nitrogen and oxygen atoms in total. The largest absolute Gasteiger partial charge is 0.328 e. The Bertz CT molecular complexity index is 977. The number of thioether (sulfide) groups is 1. The van der Waals surface area contributed by atoms with Gasteiger partial charge < -0.3 is 5.32 Å². The van der Waals surface area contributed by atoms with Crippen LogP contribution < -0.4 is 5.32 Å². The number of rotatable bonds is 3. The molecule has 2 aromatic rings. The number of nitrogens with one attached hydrogen (secondary N) is 1. The van der Waals surface area contributed by atoms with Crippen molar-refractivity contribution in [3.8, 4) is 0 Å². The second-order valence-corrected chi connectivity index (χ2v) is 8.35. The second kappa shape index (κ2) is 6.19. The lowest BCUT2D eigenvalue weighted by Gasteiger charge is -2.38. The van der Waals surface area contributed by atoms with Gasteiger partial charge in [0.1, 0.15) is 6.04 Å². The molecule has 0 bridgehead atoms. The maximum absolute atomic E-state index is 13.0. The maximum Gasteiger partial charge on any atom is 0.269 e. The number of hydrogen-bond donors (Lipinski definition) is 1. The SMILES string of the molecule is CSc1nc2n(n1)[C@H](c1ccc([N+](=O)[O-])cc1)C1=C(CC(C)(C)CC1=O)N2. The summed E-state index contributed by atoms with van der Waals surface area (Å²) < 4.78 is 1.71. The molecule has 27 heavy (non-hydrogen) atoms. The van der Waals surface area contributed by atoms with E-state index >= 15 is 0 Å². The molecule has 1 aliphatic heterocycles. The highest BCUT2D eigenvalue weighted by Crippen LogP contribution is 2.45. The van der Waals surface area contributed by atoms with Crippen molar-refractivity contribution in [1.29, 1.82) is 0 Å². The zero-order chi connectivity index (χ0) is 19.3. The van der Waals surface area contributed by atoms with Crippen molar-refractivity contribution in [2.75, 3.05) is 11.6 Å². The summed E-state index contributed by atoms with van der Waals surface area (Å²) in [5.41, 5.74) is 2.21. The number of nitrogens with zero attached hydrogens (tertiary/aromatic N) is 4. The average Bonchev–Trinajstić information content (AvgIpc) is 3.01. The number of nitro groups is 1. The molecule has 0 unspecified atom stereocenters. The first kappa shape index (κ1) is 17.7. The first-order valence-corrected chi connectivity index (χ1v) is 9.80. The standard InChI is InChI=1S/C18H19N5O3S/c1-18(2)8-12-14(13(24)9-18)15(10-4-6-11(7-5-10)23(25)26)22-16(19-12)20-17(21-22)27-3/h4-7,15H,8-9H2,1-3H3,(H,19,20,21)/t15-/m1/s1. The molecule has 2 heterocycles. The van der Waals surface area contributed by atoms with E-state index in [0.717, 1.165) is 17.7 Å². The lowest BCUT2D eigenvalue weighted by Crippen LogP contribution is -2.36. The molecule has 1 atom stereocenters. The lowest BCUT2D eigenvalue weighted by molar-refractivity contribution is -0.384. The van der Waals surface area contributed by atoms with Gasteiger partial charge in [-0.15, -0.1) is 5.10 Å². The van der Waals surface area contributed by atoms with Crippen LogP contribution in [0.15, 0.2) is 40.7 Å². The van der Waals surface area contributed by atoms with Gasteiger partial charge in [0, 0.05) is 29.8 Å². The Hall–Kier alpha value is -2.68. The minimum absolute atomic E-state index is 0.0154. The van der Waals surface area contributed by atoms with Crippen LogP contribution in [0.5, 0.6) is 0 Å². The Morgan fingerprint density at radius 1 is 1.30 bits per heavy atom. The molecule has 0 fully saturated rings. The fraction of sp³-hybridized carbons (Fsp3) is 0.389. The van der Waals surface area contributed by atoms with E-state index in [1.54, 1.807) is 16.8 Å². The van der Waals surface area contributed by atoms with Crippen LogP contribution in [0.2, 0.25) is 0 Å². The lowest BCUT2D eigenvalue weighted by atomic mass is 9.73. The summed E-state index contributed by atoms with van der Waals surface area (Å²) in [4.78, 5) is 28.1. The molecule has 0 saturated carbocycles. The number of hydrogen-bond acceptors (Lipinski definition) is 7. The number of anilines is 1. The molecular weight excluding hydrogens is 366 g/mol. The van der Waals surface area contributed by atoms with Crippen LogP contribution >= 0.6 is 11.8 Å². The number of fused-ring (bicyclic) bond motifs is 1. The van der Waals surface area contributed by atoms with Gasteiger partial charge in [-0.1, -0.05) is 25.6 Å². The molecule has 9 heteroatoms. The Labute approximate surface area is 160 Å². The highest BCUT2D eigenvalue weighted by atomic mass is 32.2. The van der Waals surface area contributed by atoms with Crippen molar-refractivity contribution in [2.45, 2.75) is 37.9 Å². The van der Waals surface area contributed by atoms with Crippen LogP contribution in [0.25, 0.3) is 0 Å². The molecule has 0 spiro atoms. The minimum atomic E-state index is -0.436. The summed E-state index contributed by atoms with van der Waals surface area (Å²) in [6, 6.07) is 5.86. The highest BCUT2D eigenvalue weighted by Gasteiger charge is 2.41. The Kier molecular flexibility index (Phi) is 4.06. The molecule has 0 radical (unpaired) electrons. The average molecular weight is 385 g/mol. The van der Waals surface area contributed by atoms with Gasteiger partial charge in [0.25, 0.3) is 5.69 Å². The van der Waals surface area contributed by atoms with Crippen molar-refractivity contribution in [1.82, 2.24) is 14.8 Å². The van der Waals surface area contributed by atoms with Crippen molar-refractivity contribution in [3.05, 3.63) is 51.2 Å². The number of carbonyl (C=O) groups excluding carboxylic acids is 1. The molecule has 1 aliphatic carbocycles. The molecule has 0 saturated heterocycles. The third-order valence-corrected chi connectivity index (χ3v) is 5.45. The molecule has 4 rings (SSSR count). The van der Waals surface area contributed by atoms with Gasteiger partial charge in [0.2, 0.25) is 11.1 Å². The maximum atomic E-state index is 13.0. The van der Waals surface area contributed by atoms with Gasteiger partial charge in [-0.2, -0.15) is 4.98 Å². The second-order valence-electron chi connectivity index (χ2n) is 7.58. The van der Waals surface area contributed by atoms with E-state index < -0.39 is 11.0 Å². The Morgan fingerprint density at radius 2 is 2.00 bits per heavy atom. The minimum Gasteiger partial charge on any atom is -0.328 e. The quantitative estimate of drug-likeness (QED) is 0.489. The van der Waals surface area contributed by atoms with E-state index in [-0.39, 0.29) is 16.9 Å². The van der Waals surface area contributed by atoms with E-state index in [9.17, 15) is 14.9 Å². The number of ketones is 1. The highest BCUT2D eigenvalue weighted by molar-refractivity contribution is 7.98. The number of Topliss-reactive ketones (excluding diaryl/α,β-unsaturated/α-hetero) is 1. The van der Waals surface area contributed by atoms with Crippen LogP contribution in [-0.2, 0) is 4.79 Å². The number of aromatic nitrogens is 3. The van der Waals surface area contributed by atoms with Crippen LogP contribution in [-0.4, -0.2) is 31.7 Å². The monoisotopic (exact) mass is 385 g/mol. The van der Waals surface area contributed by atoms with Crippen LogP contribution in [0.4, 0.5) is 11.6 Å². The summed E-state index contributed by atoms with van der Waals surface area (Å²) in [7, 11) is 0. The Morgan fingerprint density at radius 3 is 2.63 bits per heavy atom. The normalized spacial score (nSPS) is 20.7. The number of nitro benzene ring substituents is 1. The van der Waals surface area contributed by atoms with Crippen molar-refractivity contribution in [3.63, 3.8) is 0 Å². The number of non-ortho nitro benzene ring substituents is 1. The summed E-state index contributed by atoms with van der Waals surface area (Å²) >= 11 is 1.42. The zero-order valence-corrected chi connectivity index (χ0v) is 16.0. The molecule has 140 valence electrons. The third-order valence-electron chi connectivity index (χ3n) is 4.91. The predicted molar refractivity (Wildman–Crippen MR) is 102 cm³/mol. The van der Waals surface area contributed by atoms with Gasteiger partial charge in [-0.25, -0.2) is 4.68 Å². The first-order chi connectivity index (χ1) is 12.8. The van der Waals surface area contributed by atoms with Crippen molar-refractivity contribution < 1.29 is 9.72 Å². The van der Waals surface area contributed by atoms with Gasteiger partial charge in [-0.3, -0.25) is 14.9 Å². The molecule has 2 aliphatic rings. The third kappa shape index (κ3) is 3.01. The van der Waals surface area contributed by atoms with Gasteiger partial charge in [-0.05, 0) is 35.8 Å². The Balaban J connectivity index is 1.87. The van der Waals surface area contributed by atoms with E-state index in [4.69, 9.17) is 0 Å². The topological polar surface area (TPSA) is 103 Å². The number of carbonyl (C=O) groups is 1. The van der Waals surface area contributed by atoms with E-state index in [1.165, 1.54) is 23.9 Å². The fourth-order valence-corrected chi connectivity index (χ4v) is 4.11. The molecule has 1 aromatic heterocycles. The van der Waals surface area contributed by atoms with E-state index in [0.29, 0.717) is 23.1 Å². The van der Waals surface area contributed by atoms with Gasteiger partial charge in [0.05, 0.1) is 4.92 Å². The van der Waals surface area contributed by atoms with E-state index in [2.05, 4.69) is 29.2 Å². The smallest absolute Gasteiger partial charge is 0.269 e. The number of benzene rings is 1. The molecule has 0 amide bonds. The van der Waals surface area contributed by atoms with E-state index in [1.807, 2.05) is 6.26 Å². The van der Waals surface area contributed by atoms with Crippen LogP contribution in [0.1, 0.15) is 38.3 Å². The zero-order valence-electron chi connectivity index (χ0n) is 15.2. The molecule has 1 N–H and O–H groups in total. The van der Waals surface area contributed by atoms with Crippen molar-refractivity contribution >= 4 is 29.2 Å². The number of allylic oxidation sites excluding steroid dienone is 2.